The molecule has 2 amide bonds. The van der Waals surface area contributed by atoms with E-state index in [2.05, 4.69) is 0 Å². The summed E-state index contributed by atoms with van der Waals surface area (Å²) in [5.41, 5.74) is 5.62. The summed E-state index contributed by atoms with van der Waals surface area (Å²) in [6.07, 6.45) is 0. The molecular formula is C14H20N4O5. The first kappa shape index (κ1) is 18.1. The topological polar surface area (TPSA) is 118 Å². The summed E-state index contributed by atoms with van der Waals surface area (Å²) in [5, 5.41) is 7.33. The number of methoxy groups -OCH3 is 2. The van der Waals surface area contributed by atoms with Gasteiger partial charge in [0.15, 0.2) is 5.96 Å². The van der Waals surface area contributed by atoms with E-state index in [9.17, 15) is 9.59 Å². The van der Waals surface area contributed by atoms with Crippen LogP contribution in [0.3, 0.4) is 0 Å². The van der Waals surface area contributed by atoms with Crippen molar-refractivity contribution in [2.75, 3.05) is 33.2 Å². The van der Waals surface area contributed by atoms with Gasteiger partial charge in [-0.3, -0.25) is 20.0 Å². The van der Waals surface area contributed by atoms with E-state index in [1.807, 2.05) is 0 Å². The van der Waals surface area contributed by atoms with Crippen LogP contribution in [-0.4, -0.2) is 51.2 Å². The molecule has 0 radical (unpaired) electrons. The maximum atomic E-state index is 12.3. The molecule has 3 N–H and O–H groups in total. The lowest BCUT2D eigenvalue weighted by Gasteiger charge is -2.26. The summed E-state index contributed by atoms with van der Waals surface area (Å²) >= 11 is 0. The van der Waals surface area contributed by atoms with E-state index in [-0.39, 0.29) is 17.2 Å². The number of anilines is 1. The lowest BCUT2D eigenvalue weighted by molar-refractivity contribution is -0.131. The molecule has 1 aromatic carbocycles. The molecule has 1 aromatic rings. The predicted octanol–water partition coefficient (Wildman–Crippen LogP) is 1.01. The molecule has 0 bridgehead atoms. The predicted molar refractivity (Wildman–Crippen MR) is 84.3 cm³/mol. The highest BCUT2D eigenvalue weighted by Crippen LogP contribution is 2.41. The van der Waals surface area contributed by atoms with Gasteiger partial charge in [0.2, 0.25) is 0 Å². The summed E-state index contributed by atoms with van der Waals surface area (Å²) in [4.78, 5) is 25.6. The number of hydrogen-bond acceptors (Lipinski definition) is 6. The fourth-order valence-corrected chi connectivity index (χ4v) is 1.85. The highest BCUT2D eigenvalue weighted by atomic mass is 16.5. The lowest BCUT2D eigenvalue weighted by Crippen LogP contribution is -2.45. The molecule has 0 atom stereocenters. The number of carbonyl (C=O) groups excluding carboxylic acids is 2. The molecule has 0 aliphatic heterocycles. The Labute approximate surface area is 134 Å². The van der Waals surface area contributed by atoms with Crippen LogP contribution in [0, 0.1) is 5.41 Å². The van der Waals surface area contributed by atoms with Gasteiger partial charge in [0.1, 0.15) is 22.9 Å². The van der Waals surface area contributed by atoms with Crippen molar-refractivity contribution in [3.05, 3.63) is 12.1 Å². The summed E-state index contributed by atoms with van der Waals surface area (Å²) < 4.78 is 15.5. The van der Waals surface area contributed by atoms with Gasteiger partial charge in [0.05, 0.1) is 14.2 Å². The summed E-state index contributed by atoms with van der Waals surface area (Å²) in [7, 11) is 5.66. The Hall–Kier alpha value is -2.97. The molecule has 9 nitrogen and oxygen atoms in total. The van der Waals surface area contributed by atoms with E-state index in [1.54, 1.807) is 0 Å². The number of hydrogen-bond donors (Lipinski definition) is 2. The summed E-state index contributed by atoms with van der Waals surface area (Å²) in [6, 6.07) is 2.35. The fraction of sp³-hybridized carbons (Fsp3) is 0.357. The molecule has 0 heterocycles. The molecule has 1 rings (SSSR count). The largest absolute Gasteiger partial charge is 0.494 e. The minimum Gasteiger partial charge on any atom is -0.494 e. The summed E-state index contributed by atoms with van der Waals surface area (Å²) in [6.45, 7) is 1.27. The third kappa shape index (κ3) is 4.02. The Morgan fingerprint density at radius 2 is 1.61 bits per heavy atom. The van der Waals surface area contributed by atoms with Gasteiger partial charge < -0.3 is 19.9 Å². The Morgan fingerprint density at radius 3 is 1.96 bits per heavy atom. The van der Waals surface area contributed by atoms with Crippen molar-refractivity contribution in [1.29, 1.82) is 5.41 Å². The Bertz CT molecular complexity index is 607. The first-order valence-corrected chi connectivity index (χ1v) is 6.52. The van der Waals surface area contributed by atoms with Gasteiger partial charge in [-0.2, -0.15) is 0 Å². The number of guanidine groups is 1. The van der Waals surface area contributed by atoms with Crippen molar-refractivity contribution in [2.24, 2.45) is 5.73 Å². The fourth-order valence-electron chi connectivity index (χ4n) is 1.85. The van der Waals surface area contributed by atoms with Gasteiger partial charge >= 0.3 is 12.0 Å². The van der Waals surface area contributed by atoms with Crippen molar-refractivity contribution in [3.63, 3.8) is 0 Å². The van der Waals surface area contributed by atoms with E-state index < -0.39 is 18.0 Å². The normalized spacial score (nSPS) is 9.78. The van der Waals surface area contributed by atoms with E-state index in [1.165, 1.54) is 52.3 Å². The minimum atomic E-state index is -0.561. The van der Waals surface area contributed by atoms with Crippen molar-refractivity contribution in [2.45, 2.75) is 6.92 Å². The van der Waals surface area contributed by atoms with E-state index in [0.29, 0.717) is 5.69 Å². The first-order valence-electron chi connectivity index (χ1n) is 6.52. The molecule has 0 saturated carbocycles. The van der Waals surface area contributed by atoms with Crippen LogP contribution < -0.4 is 24.8 Å². The number of nitrogens with zero attached hydrogens (tertiary/aromatic N) is 2. The number of nitrogens with two attached hydrogens (primary N) is 1. The molecule has 0 aliphatic rings. The molecule has 0 saturated heterocycles. The number of nitrogens with one attached hydrogen (secondary N) is 1. The van der Waals surface area contributed by atoms with Crippen LogP contribution in [0.15, 0.2) is 12.1 Å². The molecule has 0 spiro atoms. The van der Waals surface area contributed by atoms with Gasteiger partial charge in [-0.1, -0.05) is 0 Å². The Morgan fingerprint density at radius 1 is 1.13 bits per heavy atom. The average molecular weight is 324 g/mol. The smallest absolute Gasteiger partial charge is 0.330 e. The van der Waals surface area contributed by atoms with Crippen LogP contribution >= 0.6 is 0 Å². The van der Waals surface area contributed by atoms with E-state index >= 15 is 0 Å². The molecule has 0 aromatic heterocycles. The van der Waals surface area contributed by atoms with Crippen molar-refractivity contribution >= 4 is 23.6 Å². The van der Waals surface area contributed by atoms with Gasteiger partial charge in [-0.05, 0) is 0 Å². The molecule has 0 unspecified atom stereocenters. The van der Waals surface area contributed by atoms with Crippen LogP contribution in [0.25, 0.3) is 0 Å². The standard InChI is InChI=1S/C14H20N4O5/c1-8(19)23-9-6-10(21-4)12(11(7-9)22-5)17(2)14(20)18(3)13(15)16/h6-7H,1-5H3,(H3,15,16). The highest BCUT2D eigenvalue weighted by molar-refractivity contribution is 6.03. The maximum Gasteiger partial charge on any atom is 0.330 e. The van der Waals surface area contributed by atoms with Crippen molar-refractivity contribution in [1.82, 2.24) is 4.90 Å². The van der Waals surface area contributed by atoms with E-state index in [4.69, 9.17) is 25.4 Å². The second-order valence-corrected chi connectivity index (χ2v) is 4.56. The zero-order valence-corrected chi connectivity index (χ0v) is 13.7. The first-order chi connectivity index (χ1) is 10.7. The molecule has 23 heavy (non-hydrogen) atoms. The van der Waals surface area contributed by atoms with Gasteiger partial charge in [0.25, 0.3) is 0 Å². The second-order valence-electron chi connectivity index (χ2n) is 4.56. The van der Waals surface area contributed by atoms with Crippen molar-refractivity contribution in [3.8, 4) is 17.2 Å². The number of urea groups is 1. The zero-order chi connectivity index (χ0) is 17.7. The third-order valence-corrected chi connectivity index (χ3v) is 2.99. The zero-order valence-electron chi connectivity index (χ0n) is 13.7. The maximum absolute atomic E-state index is 12.3. The SMILES string of the molecule is COc1cc(OC(C)=O)cc(OC)c1N(C)C(=O)N(C)C(=N)N. The Kier molecular flexibility index (Phi) is 5.77. The monoisotopic (exact) mass is 324 g/mol. The van der Waals surface area contributed by atoms with Gasteiger partial charge in [-0.15, -0.1) is 0 Å². The van der Waals surface area contributed by atoms with Crippen molar-refractivity contribution < 1.29 is 23.8 Å². The van der Waals surface area contributed by atoms with Crippen LogP contribution in [0.2, 0.25) is 0 Å². The van der Waals surface area contributed by atoms with Gasteiger partial charge in [0, 0.05) is 33.2 Å². The highest BCUT2D eigenvalue weighted by Gasteiger charge is 2.25. The molecular weight excluding hydrogens is 304 g/mol. The van der Waals surface area contributed by atoms with Crippen LogP contribution in [0.4, 0.5) is 10.5 Å². The second kappa shape index (κ2) is 7.34. The number of rotatable bonds is 4. The average Bonchev–Trinajstić information content (AvgIpc) is 2.50. The number of amides is 2. The lowest BCUT2D eigenvalue weighted by atomic mass is 10.2. The van der Waals surface area contributed by atoms with E-state index in [0.717, 1.165) is 4.90 Å². The van der Waals surface area contributed by atoms with Crippen LogP contribution in [-0.2, 0) is 4.79 Å². The summed E-state index contributed by atoms with van der Waals surface area (Å²) in [5.74, 6) is -0.170. The number of benzene rings is 1. The Balaban J connectivity index is 3.36. The molecule has 0 fully saturated rings. The molecule has 0 aliphatic carbocycles. The quantitative estimate of drug-likeness (QED) is 0.369. The number of carbonyl (C=O) groups is 2. The molecule has 126 valence electrons. The van der Waals surface area contributed by atoms with Crippen LogP contribution in [0.1, 0.15) is 6.92 Å². The third-order valence-electron chi connectivity index (χ3n) is 2.99. The van der Waals surface area contributed by atoms with Crippen LogP contribution in [0.5, 0.6) is 17.2 Å². The number of esters is 1. The minimum absolute atomic E-state index is 0.218. The number of ether oxygens (including phenoxy) is 3. The van der Waals surface area contributed by atoms with Gasteiger partial charge in [-0.25, -0.2) is 4.79 Å². The molecule has 9 heteroatoms.